The van der Waals surface area contributed by atoms with Crippen molar-refractivity contribution >= 4 is 78.8 Å². The molecule has 0 bridgehead atoms. The molecule has 0 amide bonds. The van der Waals surface area contributed by atoms with E-state index in [4.69, 9.17) is 15.0 Å². The van der Waals surface area contributed by atoms with Gasteiger partial charge < -0.3 is 9.80 Å². The van der Waals surface area contributed by atoms with Gasteiger partial charge in [-0.15, -0.1) is 0 Å². The maximum absolute atomic E-state index is 5.79. The van der Waals surface area contributed by atoms with Gasteiger partial charge in [0.25, 0.3) is 6.71 Å². The van der Waals surface area contributed by atoms with Gasteiger partial charge in [-0.2, -0.15) is 0 Å². The second kappa shape index (κ2) is 23.3. The number of benzene rings is 15. The van der Waals surface area contributed by atoms with Crippen LogP contribution in [0.4, 0.5) is 34.1 Å². The van der Waals surface area contributed by atoms with Gasteiger partial charge in [-0.3, -0.25) is 0 Å². The van der Waals surface area contributed by atoms with Gasteiger partial charge in [0.05, 0.1) is 0 Å². The Hall–Kier alpha value is -12.5. The van der Waals surface area contributed by atoms with E-state index in [1.165, 1.54) is 37.9 Å². The summed E-state index contributed by atoms with van der Waals surface area (Å²) < 4.78 is 0. The quantitative estimate of drug-likeness (QED) is 0.121. The fourth-order valence-electron chi connectivity index (χ4n) is 14.6. The molecule has 0 saturated carbocycles. The molecule has 442 valence electrons. The van der Waals surface area contributed by atoms with Crippen molar-refractivity contribution in [2.24, 2.45) is 0 Å². The highest BCUT2D eigenvalue weighted by atomic mass is 15.2. The van der Waals surface area contributed by atoms with Gasteiger partial charge in [-0.25, -0.2) is 15.0 Å². The van der Waals surface area contributed by atoms with Crippen LogP contribution >= 0.6 is 0 Å². The molecule has 0 aliphatic carbocycles. The summed E-state index contributed by atoms with van der Waals surface area (Å²) in [5.41, 5.74) is 26.0. The smallest absolute Gasteiger partial charge is 0.253 e. The lowest BCUT2D eigenvalue weighted by Gasteiger charge is -2.45. The van der Waals surface area contributed by atoms with Gasteiger partial charge in [0.1, 0.15) is 0 Å². The Morgan fingerprint density at radius 2 is 0.453 bits per heavy atom. The highest BCUT2D eigenvalue weighted by molar-refractivity contribution is 7.03. The molecule has 0 unspecified atom stereocenters. The maximum atomic E-state index is 5.79. The number of nitrogens with zero attached hydrogens (tertiary/aromatic N) is 5. The predicted molar refractivity (Wildman–Crippen MR) is 398 cm³/mol. The number of hydrogen-bond acceptors (Lipinski definition) is 5. The third-order valence-corrected chi connectivity index (χ3v) is 19.0. The van der Waals surface area contributed by atoms with Gasteiger partial charge in [0.15, 0.2) is 17.5 Å². The van der Waals surface area contributed by atoms with Gasteiger partial charge in [-0.05, 0) is 190 Å². The van der Waals surface area contributed by atoms with E-state index in [0.717, 1.165) is 118 Å². The van der Waals surface area contributed by atoms with Crippen molar-refractivity contribution in [2.45, 2.75) is 0 Å². The maximum Gasteiger partial charge on any atom is 0.253 e. The average Bonchev–Trinajstić information content (AvgIpc) is 0.687. The molecule has 0 spiro atoms. The van der Waals surface area contributed by atoms with Crippen molar-refractivity contribution in [3.63, 3.8) is 0 Å². The lowest BCUT2D eigenvalue weighted by molar-refractivity contribution is 1.07. The minimum atomic E-state index is -0.199. The zero-order valence-electron chi connectivity index (χ0n) is 51.8. The molecule has 95 heavy (non-hydrogen) atoms. The second-order valence-corrected chi connectivity index (χ2v) is 24.7. The molecule has 15 aromatic carbocycles. The Kier molecular flexibility index (Phi) is 13.6. The fourth-order valence-corrected chi connectivity index (χ4v) is 14.6. The number of rotatable bonds is 11. The largest absolute Gasteiger partial charge is 0.311 e. The van der Waals surface area contributed by atoms with Crippen molar-refractivity contribution in [3.8, 4) is 101 Å². The van der Waals surface area contributed by atoms with Gasteiger partial charge in [0.2, 0.25) is 0 Å². The lowest BCUT2D eigenvalue weighted by atomic mass is 9.32. The zero-order chi connectivity index (χ0) is 62.8. The van der Waals surface area contributed by atoms with E-state index in [-0.39, 0.29) is 6.71 Å². The first-order valence-electron chi connectivity index (χ1n) is 32.5. The van der Waals surface area contributed by atoms with Crippen molar-refractivity contribution < 1.29 is 0 Å². The topological polar surface area (TPSA) is 45.2 Å². The van der Waals surface area contributed by atoms with Gasteiger partial charge in [0, 0.05) is 50.8 Å². The minimum absolute atomic E-state index is 0.199. The Morgan fingerprint density at radius 3 is 0.779 bits per heavy atom. The highest BCUT2D eigenvalue weighted by Gasteiger charge is 2.45. The summed E-state index contributed by atoms with van der Waals surface area (Å²) in [5, 5.41) is 4.81. The van der Waals surface area contributed by atoms with E-state index in [0.29, 0.717) is 17.5 Å². The second-order valence-electron chi connectivity index (χ2n) is 24.7. The van der Waals surface area contributed by atoms with Crippen LogP contribution in [0.5, 0.6) is 0 Å². The van der Waals surface area contributed by atoms with Crippen LogP contribution in [-0.2, 0) is 0 Å². The molecule has 0 N–H and O–H groups in total. The molecule has 2 aliphatic rings. The van der Waals surface area contributed by atoms with Crippen LogP contribution in [0.15, 0.2) is 352 Å². The monoisotopic (exact) mass is 1210 g/mol. The molecule has 0 atom stereocenters. The van der Waals surface area contributed by atoms with Crippen LogP contribution in [0.1, 0.15) is 0 Å². The van der Waals surface area contributed by atoms with E-state index < -0.39 is 0 Å². The van der Waals surface area contributed by atoms with E-state index in [1.54, 1.807) is 0 Å². The van der Waals surface area contributed by atoms with Crippen molar-refractivity contribution in [2.75, 3.05) is 9.80 Å². The molecular weight excluding hydrogens is 1150 g/mol. The SMILES string of the molecule is c1ccc(-c2ccc(N3c4cc(-c5nc(-c6cc(-c7ccccc7)cc(-c7ccccc7)c6)nc(-c6cc(-c7ccccc7)cc(-c7ccccc7)c6)n5)cc5c4B(c4c3ccc3ccccc43)c3c(ccc4ccccc34)N5c3ccc(-c4ccccc4)cc3)cc2)cc1. The van der Waals surface area contributed by atoms with Crippen LogP contribution < -0.4 is 26.2 Å². The molecule has 2 aliphatic heterocycles. The van der Waals surface area contributed by atoms with Crippen LogP contribution in [0.25, 0.3) is 122 Å². The summed E-state index contributed by atoms with van der Waals surface area (Å²) in [6.07, 6.45) is 0. The normalized spacial score (nSPS) is 12.1. The molecule has 3 heterocycles. The Balaban J connectivity index is 0.949. The summed E-state index contributed by atoms with van der Waals surface area (Å²) >= 11 is 0. The molecule has 5 nitrogen and oxygen atoms in total. The van der Waals surface area contributed by atoms with Crippen LogP contribution in [0, 0.1) is 0 Å². The van der Waals surface area contributed by atoms with E-state index in [1.807, 2.05) is 0 Å². The Labute approximate surface area is 553 Å². The van der Waals surface area contributed by atoms with E-state index in [2.05, 4.69) is 362 Å². The summed E-state index contributed by atoms with van der Waals surface area (Å²) in [4.78, 5) is 22.3. The molecule has 0 radical (unpaired) electrons. The molecule has 0 saturated heterocycles. The van der Waals surface area contributed by atoms with E-state index in [9.17, 15) is 0 Å². The van der Waals surface area contributed by atoms with Gasteiger partial charge >= 0.3 is 0 Å². The first-order valence-corrected chi connectivity index (χ1v) is 32.5. The number of fused-ring (bicyclic) bond motifs is 8. The number of anilines is 6. The number of aromatic nitrogens is 3. The first kappa shape index (κ1) is 55.3. The molecule has 6 heteroatoms. The molecule has 18 rings (SSSR count). The fraction of sp³-hybridized carbons (Fsp3) is 0. The average molecular weight is 1210 g/mol. The van der Waals surface area contributed by atoms with Crippen LogP contribution in [0.2, 0.25) is 0 Å². The third kappa shape index (κ3) is 9.95. The zero-order valence-corrected chi connectivity index (χ0v) is 51.8. The Morgan fingerprint density at radius 1 is 0.189 bits per heavy atom. The van der Waals surface area contributed by atoms with Crippen molar-refractivity contribution in [1.82, 2.24) is 15.0 Å². The first-order chi connectivity index (χ1) is 47.1. The number of hydrogen-bond donors (Lipinski definition) is 0. The summed E-state index contributed by atoms with van der Waals surface area (Å²) in [7, 11) is 0. The summed E-state index contributed by atoms with van der Waals surface area (Å²) in [6.45, 7) is -0.199. The molecule has 16 aromatic rings. The summed E-state index contributed by atoms with van der Waals surface area (Å²) in [6, 6.07) is 127. The molecule has 1 aromatic heterocycles. The van der Waals surface area contributed by atoms with Crippen molar-refractivity contribution in [3.05, 3.63) is 352 Å². The molecule has 0 fully saturated rings. The lowest BCUT2D eigenvalue weighted by Crippen LogP contribution is -2.61. The standard InChI is InChI=1S/C89H58BN5/c1-7-23-59(24-8-1)65-39-45-76(46-40-65)94-80-49-43-67-35-19-21-37-78(67)84(80)90-85-79-38-22-20-36-68(79)44-50-81(85)95(77-47-41-66(42-48-77)60-25-9-2-10-26-60)83-58-75(57-82(94)86(83)90)89-92-87(73-53-69(61-27-11-3-12-28-61)51-70(54-73)62-29-13-4-14-30-62)91-88(93-89)74-55-71(63-31-15-5-16-32-63)52-72(56-74)64-33-17-6-18-34-64/h1-58H. The minimum Gasteiger partial charge on any atom is -0.311 e. The summed E-state index contributed by atoms with van der Waals surface area (Å²) in [5.74, 6) is 1.67. The Bertz CT molecular complexity index is 5120. The molecular formula is C89H58BN5. The van der Waals surface area contributed by atoms with Gasteiger partial charge in [-0.1, -0.05) is 267 Å². The third-order valence-electron chi connectivity index (χ3n) is 19.0. The van der Waals surface area contributed by atoms with Crippen LogP contribution in [0.3, 0.4) is 0 Å². The highest BCUT2D eigenvalue weighted by Crippen LogP contribution is 2.49. The van der Waals surface area contributed by atoms with E-state index >= 15 is 0 Å². The van der Waals surface area contributed by atoms with Crippen molar-refractivity contribution in [1.29, 1.82) is 0 Å². The van der Waals surface area contributed by atoms with Crippen LogP contribution in [-0.4, -0.2) is 21.7 Å². The predicted octanol–water partition coefficient (Wildman–Crippen LogP) is 21.3.